The van der Waals surface area contributed by atoms with Crippen molar-refractivity contribution in [2.24, 2.45) is 12.9 Å². The van der Waals surface area contributed by atoms with Gasteiger partial charge < -0.3 is 0 Å². The molecule has 2 aromatic rings. The van der Waals surface area contributed by atoms with E-state index in [1.807, 2.05) is 19.3 Å². The molecule has 0 aliphatic rings. The molecule has 2 rings (SSSR count). The van der Waals surface area contributed by atoms with E-state index in [1.165, 1.54) is 6.26 Å². The third-order valence-electron chi connectivity index (χ3n) is 2.84. The van der Waals surface area contributed by atoms with Gasteiger partial charge in [-0.15, -0.1) is 0 Å². The molecule has 19 heavy (non-hydrogen) atoms. The monoisotopic (exact) mass is 280 g/mol. The van der Waals surface area contributed by atoms with Crippen molar-refractivity contribution < 1.29 is 8.42 Å². The molecular formula is C12H16N4O2S. The Labute approximate surface area is 112 Å². The topological polar surface area (TPSA) is 90.0 Å². The fourth-order valence-corrected chi connectivity index (χ4v) is 2.57. The number of sulfone groups is 1. The molecule has 7 heteroatoms. The maximum absolute atomic E-state index is 11.6. The molecule has 1 heterocycles. The van der Waals surface area contributed by atoms with Gasteiger partial charge in [0, 0.05) is 25.1 Å². The number of hydrazine groups is 1. The lowest BCUT2D eigenvalue weighted by Crippen LogP contribution is -2.28. The number of aromatic nitrogens is 2. The van der Waals surface area contributed by atoms with E-state index < -0.39 is 9.84 Å². The molecule has 0 saturated heterocycles. The van der Waals surface area contributed by atoms with Crippen LogP contribution in [-0.4, -0.2) is 24.5 Å². The summed E-state index contributed by atoms with van der Waals surface area (Å²) in [5.74, 6) is 5.57. The summed E-state index contributed by atoms with van der Waals surface area (Å²) < 4.78 is 24.8. The van der Waals surface area contributed by atoms with Gasteiger partial charge in [0.1, 0.15) is 0 Å². The van der Waals surface area contributed by atoms with Crippen molar-refractivity contribution in [1.29, 1.82) is 0 Å². The fraction of sp³-hybridized carbons (Fsp3) is 0.250. The summed E-state index contributed by atoms with van der Waals surface area (Å²) in [5.41, 5.74) is 4.33. The molecule has 3 N–H and O–H groups in total. The molecule has 1 unspecified atom stereocenters. The Morgan fingerprint density at radius 1 is 1.37 bits per heavy atom. The van der Waals surface area contributed by atoms with Crippen molar-refractivity contribution in [3.63, 3.8) is 0 Å². The molecule has 0 spiro atoms. The standard InChI is InChI=1S/C12H16N4O2S/c1-16-8-10(7-14-16)12(15-13)9-4-3-5-11(6-9)19(2,17)18/h3-8,12,15H,13H2,1-2H3. The van der Waals surface area contributed by atoms with Crippen LogP contribution in [0.4, 0.5) is 0 Å². The number of nitrogens with zero attached hydrogens (tertiary/aromatic N) is 2. The highest BCUT2D eigenvalue weighted by molar-refractivity contribution is 7.90. The van der Waals surface area contributed by atoms with E-state index >= 15 is 0 Å². The van der Waals surface area contributed by atoms with Gasteiger partial charge in [-0.2, -0.15) is 5.10 Å². The van der Waals surface area contributed by atoms with Gasteiger partial charge >= 0.3 is 0 Å². The van der Waals surface area contributed by atoms with Crippen molar-refractivity contribution in [3.8, 4) is 0 Å². The van der Waals surface area contributed by atoms with Crippen molar-refractivity contribution in [3.05, 3.63) is 47.8 Å². The smallest absolute Gasteiger partial charge is 0.175 e. The molecule has 0 bridgehead atoms. The van der Waals surface area contributed by atoms with Gasteiger partial charge in [0.2, 0.25) is 0 Å². The number of rotatable bonds is 4. The van der Waals surface area contributed by atoms with Crippen LogP contribution in [0.25, 0.3) is 0 Å². The molecule has 0 radical (unpaired) electrons. The maximum atomic E-state index is 11.6. The second kappa shape index (κ2) is 5.12. The van der Waals surface area contributed by atoms with Crippen LogP contribution < -0.4 is 11.3 Å². The van der Waals surface area contributed by atoms with Crippen LogP contribution in [0.1, 0.15) is 17.2 Å². The Morgan fingerprint density at radius 2 is 2.11 bits per heavy atom. The number of hydrogen-bond donors (Lipinski definition) is 2. The maximum Gasteiger partial charge on any atom is 0.175 e. The number of nitrogens with two attached hydrogens (primary N) is 1. The van der Waals surface area contributed by atoms with Gasteiger partial charge in [-0.05, 0) is 17.7 Å². The summed E-state index contributed by atoms with van der Waals surface area (Å²) in [6.07, 6.45) is 4.70. The molecule has 6 nitrogen and oxygen atoms in total. The van der Waals surface area contributed by atoms with Crippen LogP contribution in [0.5, 0.6) is 0 Å². The Kier molecular flexibility index (Phi) is 3.70. The predicted molar refractivity (Wildman–Crippen MR) is 71.9 cm³/mol. The second-order valence-corrected chi connectivity index (χ2v) is 6.41. The molecule has 0 fully saturated rings. The van der Waals surface area contributed by atoms with E-state index in [4.69, 9.17) is 5.84 Å². The Morgan fingerprint density at radius 3 is 2.63 bits per heavy atom. The zero-order valence-corrected chi connectivity index (χ0v) is 11.6. The highest BCUT2D eigenvalue weighted by atomic mass is 32.2. The van der Waals surface area contributed by atoms with Gasteiger partial charge in [-0.3, -0.25) is 10.5 Å². The summed E-state index contributed by atoms with van der Waals surface area (Å²) >= 11 is 0. The first-order valence-corrected chi connectivity index (χ1v) is 7.55. The van der Waals surface area contributed by atoms with Crippen LogP contribution >= 0.6 is 0 Å². The van der Waals surface area contributed by atoms with Gasteiger partial charge in [0.25, 0.3) is 0 Å². The fourth-order valence-electron chi connectivity index (χ4n) is 1.90. The first kappa shape index (κ1) is 13.7. The molecular weight excluding hydrogens is 264 g/mol. The summed E-state index contributed by atoms with van der Waals surface area (Å²) in [7, 11) is -1.42. The highest BCUT2D eigenvalue weighted by Crippen LogP contribution is 2.23. The molecule has 102 valence electrons. The molecule has 1 atom stereocenters. The Bertz CT molecular complexity index is 679. The van der Waals surface area contributed by atoms with E-state index in [-0.39, 0.29) is 10.9 Å². The first-order chi connectivity index (χ1) is 8.91. The minimum atomic E-state index is -3.23. The lowest BCUT2D eigenvalue weighted by atomic mass is 10.0. The van der Waals surface area contributed by atoms with Crippen LogP contribution in [0.15, 0.2) is 41.6 Å². The average Bonchev–Trinajstić information content (AvgIpc) is 2.76. The number of hydrogen-bond acceptors (Lipinski definition) is 5. The quantitative estimate of drug-likeness (QED) is 0.624. The lowest BCUT2D eigenvalue weighted by Gasteiger charge is -2.15. The average molecular weight is 280 g/mol. The predicted octanol–water partition coefficient (Wildman–Crippen LogP) is 0.376. The third-order valence-corrected chi connectivity index (χ3v) is 3.95. The van der Waals surface area contributed by atoms with Crippen LogP contribution in [0.3, 0.4) is 0 Å². The van der Waals surface area contributed by atoms with Crippen LogP contribution in [0, 0.1) is 0 Å². The Balaban J connectivity index is 2.45. The molecule has 1 aromatic carbocycles. The summed E-state index contributed by atoms with van der Waals surface area (Å²) in [5, 5.41) is 4.09. The normalized spacial score (nSPS) is 13.4. The first-order valence-electron chi connectivity index (χ1n) is 5.66. The van der Waals surface area contributed by atoms with E-state index in [1.54, 1.807) is 29.1 Å². The minimum Gasteiger partial charge on any atom is -0.275 e. The van der Waals surface area contributed by atoms with Gasteiger partial charge in [0.15, 0.2) is 9.84 Å². The second-order valence-electron chi connectivity index (χ2n) is 4.39. The van der Waals surface area contributed by atoms with E-state index in [0.29, 0.717) is 0 Å². The molecule has 0 aliphatic carbocycles. The SMILES string of the molecule is Cn1cc(C(NN)c2cccc(S(C)(=O)=O)c2)cn1. The zero-order chi connectivity index (χ0) is 14.0. The Hall–Kier alpha value is -1.70. The van der Waals surface area contributed by atoms with E-state index in [9.17, 15) is 8.42 Å². The number of aryl methyl sites for hydroxylation is 1. The van der Waals surface area contributed by atoms with Crippen LogP contribution in [0.2, 0.25) is 0 Å². The minimum absolute atomic E-state index is 0.272. The van der Waals surface area contributed by atoms with Crippen molar-refractivity contribution in [1.82, 2.24) is 15.2 Å². The lowest BCUT2D eigenvalue weighted by molar-refractivity contribution is 0.600. The number of nitrogens with one attached hydrogen (secondary N) is 1. The molecule has 0 aliphatic heterocycles. The summed E-state index contributed by atoms with van der Waals surface area (Å²) in [6, 6.07) is 6.41. The number of benzene rings is 1. The zero-order valence-electron chi connectivity index (χ0n) is 10.7. The van der Waals surface area contributed by atoms with Gasteiger partial charge in [-0.25, -0.2) is 13.8 Å². The van der Waals surface area contributed by atoms with E-state index in [2.05, 4.69) is 10.5 Å². The molecule has 1 aromatic heterocycles. The summed E-state index contributed by atoms with van der Waals surface area (Å²) in [4.78, 5) is 0.272. The highest BCUT2D eigenvalue weighted by Gasteiger charge is 2.16. The van der Waals surface area contributed by atoms with Crippen molar-refractivity contribution in [2.75, 3.05) is 6.26 Å². The largest absolute Gasteiger partial charge is 0.275 e. The van der Waals surface area contributed by atoms with Crippen molar-refractivity contribution in [2.45, 2.75) is 10.9 Å². The third kappa shape index (κ3) is 3.01. The molecule has 0 saturated carbocycles. The van der Waals surface area contributed by atoms with Gasteiger partial charge in [-0.1, -0.05) is 12.1 Å². The van der Waals surface area contributed by atoms with Gasteiger partial charge in [0.05, 0.1) is 17.1 Å². The van der Waals surface area contributed by atoms with E-state index in [0.717, 1.165) is 11.1 Å². The summed E-state index contributed by atoms with van der Waals surface area (Å²) in [6.45, 7) is 0. The van der Waals surface area contributed by atoms with Crippen molar-refractivity contribution >= 4 is 9.84 Å². The van der Waals surface area contributed by atoms with Crippen LogP contribution in [-0.2, 0) is 16.9 Å². The molecule has 0 amide bonds.